The molecule has 0 unspecified atom stereocenters. The highest BCUT2D eigenvalue weighted by Crippen LogP contribution is 2.28. The van der Waals surface area contributed by atoms with Crippen LogP contribution in [0, 0.1) is 0 Å². The number of aryl methyl sites for hydroxylation is 2. The van der Waals surface area contributed by atoms with Crippen LogP contribution in [-0.4, -0.2) is 19.7 Å². The highest BCUT2D eigenvalue weighted by Gasteiger charge is 2.21. The molecule has 0 atom stereocenters. The molecule has 1 aliphatic carbocycles. The van der Waals surface area contributed by atoms with Crippen molar-refractivity contribution in [3.8, 4) is 0 Å². The highest BCUT2D eigenvalue weighted by atomic mass is 32.1. The lowest BCUT2D eigenvalue weighted by Crippen LogP contribution is -2.27. The molecule has 1 amide bonds. The minimum Gasteiger partial charge on any atom is -0.322 e. The molecule has 1 aromatic carbocycles. The minimum atomic E-state index is -0.435. The lowest BCUT2D eigenvalue weighted by Gasteiger charge is -2.10. The van der Waals surface area contributed by atoms with Gasteiger partial charge in [0.15, 0.2) is 4.96 Å². The van der Waals surface area contributed by atoms with Crippen molar-refractivity contribution in [2.45, 2.75) is 25.7 Å². The lowest BCUT2D eigenvalue weighted by molar-refractivity contribution is 0.102. The van der Waals surface area contributed by atoms with Gasteiger partial charge in [-0.25, -0.2) is 4.98 Å². The minimum absolute atomic E-state index is 0.0669. The summed E-state index contributed by atoms with van der Waals surface area (Å²) in [6.45, 7) is 0. The van der Waals surface area contributed by atoms with Crippen molar-refractivity contribution in [3.63, 3.8) is 0 Å². The molecule has 1 aliphatic rings. The number of nitrogens with zero attached hydrogens (tertiary/aromatic N) is 3. The van der Waals surface area contributed by atoms with Crippen LogP contribution in [0.25, 0.3) is 15.0 Å². The first kappa shape index (κ1) is 15.7. The molecule has 3 aromatic heterocycles. The van der Waals surface area contributed by atoms with Crippen molar-refractivity contribution in [2.24, 2.45) is 0 Å². The predicted molar refractivity (Wildman–Crippen MR) is 104 cm³/mol. The van der Waals surface area contributed by atoms with E-state index in [0.717, 1.165) is 41.5 Å². The number of amides is 1. The molecule has 3 heterocycles. The molecule has 5 rings (SSSR count). The Labute approximate surface area is 156 Å². The largest absolute Gasteiger partial charge is 0.322 e. The van der Waals surface area contributed by atoms with Crippen LogP contribution in [0.3, 0.4) is 0 Å². The SMILES string of the molecule is O=C(Nc1ccc2sncc2c1)c1cnc2sc3c(n2c1=O)CCCC3. The van der Waals surface area contributed by atoms with E-state index in [-0.39, 0.29) is 11.1 Å². The Bertz CT molecular complexity index is 1220. The van der Waals surface area contributed by atoms with Gasteiger partial charge in [0.05, 0.1) is 4.70 Å². The summed E-state index contributed by atoms with van der Waals surface area (Å²) in [5.41, 5.74) is 1.44. The zero-order valence-corrected chi connectivity index (χ0v) is 15.3. The lowest BCUT2D eigenvalue weighted by atomic mass is 10.0. The summed E-state index contributed by atoms with van der Waals surface area (Å²) in [6, 6.07) is 5.58. The molecule has 0 fully saturated rings. The third-order valence-electron chi connectivity index (χ3n) is 4.66. The fraction of sp³-hybridized carbons (Fsp3) is 0.222. The first-order chi connectivity index (χ1) is 12.7. The van der Waals surface area contributed by atoms with Gasteiger partial charge in [-0.15, -0.1) is 11.3 Å². The number of benzene rings is 1. The van der Waals surface area contributed by atoms with E-state index >= 15 is 0 Å². The van der Waals surface area contributed by atoms with Gasteiger partial charge in [0.25, 0.3) is 11.5 Å². The average Bonchev–Trinajstić information content (AvgIpc) is 3.25. The number of thiazole rings is 1. The summed E-state index contributed by atoms with van der Waals surface area (Å²) < 4.78 is 6.81. The molecular formula is C18H14N4O2S2. The summed E-state index contributed by atoms with van der Waals surface area (Å²) in [4.78, 5) is 31.8. The van der Waals surface area contributed by atoms with Crippen LogP contribution in [0.4, 0.5) is 5.69 Å². The standard InChI is InChI=1S/C18H14N4O2S2/c23-16(21-11-5-6-14-10(7-11)8-20-26-14)12-9-19-18-22(17(12)24)13-3-1-2-4-15(13)25-18/h5-9H,1-4H2,(H,21,23). The maximum Gasteiger partial charge on any atom is 0.271 e. The van der Waals surface area contributed by atoms with E-state index in [4.69, 9.17) is 0 Å². The third-order valence-corrected chi connectivity index (χ3v) is 6.59. The maximum absolute atomic E-state index is 12.9. The summed E-state index contributed by atoms with van der Waals surface area (Å²) >= 11 is 2.96. The number of carbonyl (C=O) groups is 1. The number of fused-ring (bicyclic) bond motifs is 4. The topological polar surface area (TPSA) is 76.4 Å². The second-order valence-electron chi connectivity index (χ2n) is 6.31. The average molecular weight is 382 g/mol. The number of aromatic nitrogens is 3. The van der Waals surface area contributed by atoms with E-state index in [9.17, 15) is 9.59 Å². The molecule has 0 spiro atoms. The van der Waals surface area contributed by atoms with Crippen molar-refractivity contribution < 1.29 is 4.79 Å². The number of hydrogen-bond donors (Lipinski definition) is 1. The van der Waals surface area contributed by atoms with E-state index in [1.807, 2.05) is 18.2 Å². The van der Waals surface area contributed by atoms with Crippen LogP contribution in [0.15, 0.2) is 35.4 Å². The third kappa shape index (κ3) is 2.45. The Kier molecular flexibility index (Phi) is 3.61. The zero-order valence-electron chi connectivity index (χ0n) is 13.7. The Morgan fingerprint density at radius 3 is 3.00 bits per heavy atom. The first-order valence-corrected chi connectivity index (χ1v) is 9.98. The Morgan fingerprint density at radius 1 is 1.19 bits per heavy atom. The molecule has 130 valence electrons. The summed E-state index contributed by atoms with van der Waals surface area (Å²) in [5.74, 6) is -0.435. The molecule has 4 aromatic rings. The molecule has 1 N–H and O–H groups in total. The van der Waals surface area contributed by atoms with Gasteiger partial charge in [0.2, 0.25) is 0 Å². The van der Waals surface area contributed by atoms with E-state index in [1.165, 1.54) is 22.6 Å². The van der Waals surface area contributed by atoms with Crippen LogP contribution in [0.1, 0.15) is 33.8 Å². The Morgan fingerprint density at radius 2 is 2.08 bits per heavy atom. The number of hydrogen-bond acceptors (Lipinski definition) is 6. The van der Waals surface area contributed by atoms with Crippen molar-refractivity contribution in [1.82, 2.24) is 13.8 Å². The summed E-state index contributed by atoms with van der Waals surface area (Å²) in [7, 11) is 0. The second kappa shape index (κ2) is 6.00. The quantitative estimate of drug-likeness (QED) is 0.576. The number of carbonyl (C=O) groups excluding carboxylic acids is 1. The Hall–Kier alpha value is -2.58. The molecule has 0 aliphatic heterocycles. The van der Waals surface area contributed by atoms with Gasteiger partial charge >= 0.3 is 0 Å². The van der Waals surface area contributed by atoms with Gasteiger partial charge in [0.1, 0.15) is 5.56 Å². The van der Waals surface area contributed by atoms with Crippen molar-refractivity contribution in [1.29, 1.82) is 0 Å². The molecule has 0 bridgehead atoms. The molecular weight excluding hydrogens is 368 g/mol. The number of anilines is 1. The van der Waals surface area contributed by atoms with Gasteiger partial charge < -0.3 is 5.32 Å². The van der Waals surface area contributed by atoms with Gasteiger partial charge in [-0.1, -0.05) is 0 Å². The van der Waals surface area contributed by atoms with Crippen LogP contribution in [-0.2, 0) is 12.8 Å². The molecule has 26 heavy (non-hydrogen) atoms. The van der Waals surface area contributed by atoms with Crippen molar-refractivity contribution >= 4 is 49.5 Å². The molecule has 8 heteroatoms. The zero-order chi connectivity index (χ0) is 17.7. The van der Waals surface area contributed by atoms with Gasteiger partial charge in [-0.05, 0) is 55.4 Å². The van der Waals surface area contributed by atoms with Crippen LogP contribution >= 0.6 is 22.9 Å². The fourth-order valence-corrected chi connectivity index (χ4v) is 5.17. The molecule has 6 nitrogen and oxygen atoms in total. The van der Waals surface area contributed by atoms with Crippen molar-refractivity contribution in [2.75, 3.05) is 5.32 Å². The van der Waals surface area contributed by atoms with Crippen LogP contribution in [0.5, 0.6) is 0 Å². The number of nitrogens with one attached hydrogen (secondary N) is 1. The number of rotatable bonds is 2. The van der Waals surface area contributed by atoms with Crippen molar-refractivity contribution in [3.05, 3.63) is 57.1 Å². The summed E-state index contributed by atoms with van der Waals surface area (Å²) in [6.07, 6.45) is 7.20. The predicted octanol–water partition coefficient (Wildman–Crippen LogP) is 3.50. The summed E-state index contributed by atoms with van der Waals surface area (Å²) in [5, 5.41) is 3.77. The van der Waals surface area contributed by atoms with Gasteiger partial charge in [0, 0.05) is 34.0 Å². The van der Waals surface area contributed by atoms with E-state index in [2.05, 4.69) is 14.7 Å². The first-order valence-electron chi connectivity index (χ1n) is 8.39. The van der Waals surface area contributed by atoms with E-state index < -0.39 is 5.91 Å². The Balaban J connectivity index is 1.54. The highest BCUT2D eigenvalue weighted by molar-refractivity contribution is 7.17. The van der Waals surface area contributed by atoms with Gasteiger partial charge in [-0.3, -0.25) is 14.0 Å². The molecule has 0 radical (unpaired) electrons. The smallest absolute Gasteiger partial charge is 0.271 e. The van der Waals surface area contributed by atoms with Crippen LogP contribution < -0.4 is 10.9 Å². The molecule has 0 saturated heterocycles. The molecule has 0 saturated carbocycles. The second-order valence-corrected chi connectivity index (χ2v) is 8.20. The van der Waals surface area contributed by atoms with Crippen LogP contribution in [0.2, 0.25) is 0 Å². The van der Waals surface area contributed by atoms with E-state index in [1.54, 1.807) is 21.9 Å². The van der Waals surface area contributed by atoms with E-state index in [0.29, 0.717) is 10.6 Å². The monoisotopic (exact) mass is 382 g/mol. The normalized spacial score (nSPS) is 13.8. The van der Waals surface area contributed by atoms with Gasteiger partial charge in [-0.2, -0.15) is 4.37 Å². The fourth-order valence-electron chi connectivity index (χ4n) is 3.37. The maximum atomic E-state index is 12.9.